The second-order valence-corrected chi connectivity index (χ2v) is 4.49. The summed E-state index contributed by atoms with van der Waals surface area (Å²) >= 11 is 3.42. The molecule has 1 heterocycles. The highest BCUT2D eigenvalue weighted by Crippen LogP contribution is 2.31. The lowest BCUT2D eigenvalue weighted by molar-refractivity contribution is 0.210. The molecule has 0 bridgehead atoms. The summed E-state index contributed by atoms with van der Waals surface area (Å²) in [6.45, 7) is 1.36. The van der Waals surface area contributed by atoms with Gasteiger partial charge in [0.05, 0.1) is 12.3 Å². The Balaban J connectivity index is 2.40. The zero-order valence-corrected chi connectivity index (χ0v) is 11.1. The third-order valence-electron chi connectivity index (χ3n) is 2.53. The van der Waals surface area contributed by atoms with Crippen molar-refractivity contribution in [2.75, 3.05) is 31.3 Å². The normalized spacial score (nSPS) is 10.7. The van der Waals surface area contributed by atoms with Gasteiger partial charge in [-0.15, -0.1) is 0 Å². The van der Waals surface area contributed by atoms with Gasteiger partial charge in [0.1, 0.15) is 5.82 Å². The number of rotatable bonds is 4. The van der Waals surface area contributed by atoms with E-state index in [1.54, 1.807) is 13.3 Å². The summed E-state index contributed by atoms with van der Waals surface area (Å²) in [5, 5.41) is 5.24. The van der Waals surface area contributed by atoms with Crippen LogP contribution >= 0.6 is 15.9 Å². The van der Waals surface area contributed by atoms with Gasteiger partial charge in [-0.2, -0.15) is 0 Å². The Bertz CT molecular complexity index is 530. The van der Waals surface area contributed by atoms with Crippen LogP contribution in [0.2, 0.25) is 0 Å². The van der Waals surface area contributed by atoms with Crippen molar-refractivity contribution in [2.45, 2.75) is 0 Å². The van der Waals surface area contributed by atoms with Crippen molar-refractivity contribution in [3.8, 4) is 0 Å². The van der Waals surface area contributed by atoms with Crippen LogP contribution in [0, 0.1) is 0 Å². The van der Waals surface area contributed by atoms with Crippen LogP contribution in [-0.2, 0) is 4.74 Å². The summed E-state index contributed by atoms with van der Waals surface area (Å²) in [5.74, 6) is 0.832. The molecule has 0 fully saturated rings. The lowest BCUT2D eigenvalue weighted by Gasteiger charge is -2.10. The molecule has 2 aromatic rings. The van der Waals surface area contributed by atoms with E-state index in [4.69, 9.17) is 10.5 Å². The number of hydrogen-bond acceptors (Lipinski definition) is 4. The van der Waals surface area contributed by atoms with Crippen molar-refractivity contribution in [2.24, 2.45) is 0 Å². The predicted octanol–water partition coefficient (Wildman–Crippen LogP) is 2.64. The Labute approximate surface area is 108 Å². The molecule has 0 radical (unpaired) electrons. The van der Waals surface area contributed by atoms with E-state index in [0.29, 0.717) is 6.61 Å². The molecule has 5 heteroatoms. The van der Waals surface area contributed by atoms with Gasteiger partial charge < -0.3 is 15.8 Å². The second kappa shape index (κ2) is 5.33. The number of benzene rings is 1. The molecule has 0 saturated carbocycles. The highest BCUT2D eigenvalue weighted by Gasteiger charge is 2.06. The minimum atomic E-state index is 0.643. The van der Waals surface area contributed by atoms with Crippen LogP contribution in [0.4, 0.5) is 11.5 Å². The van der Waals surface area contributed by atoms with E-state index in [0.717, 1.165) is 33.3 Å². The van der Waals surface area contributed by atoms with Crippen LogP contribution in [0.25, 0.3) is 10.8 Å². The number of nitrogens with zero attached hydrogens (tertiary/aromatic N) is 1. The van der Waals surface area contributed by atoms with E-state index in [1.165, 1.54) is 0 Å². The number of fused-ring (bicyclic) bond motifs is 1. The van der Waals surface area contributed by atoms with Crippen molar-refractivity contribution in [1.82, 2.24) is 4.98 Å². The van der Waals surface area contributed by atoms with E-state index < -0.39 is 0 Å². The Hall–Kier alpha value is -1.33. The molecule has 90 valence electrons. The van der Waals surface area contributed by atoms with E-state index in [2.05, 4.69) is 26.2 Å². The molecular weight excluding hydrogens is 282 g/mol. The number of anilines is 2. The lowest BCUT2D eigenvalue weighted by atomic mass is 10.1. The van der Waals surface area contributed by atoms with E-state index in [1.807, 2.05) is 18.2 Å². The average Bonchev–Trinajstić information content (AvgIpc) is 2.35. The van der Waals surface area contributed by atoms with E-state index >= 15 is 0 Å². The molecule has 0 aliphatic rings. The number of nitrogens with two attached hydrogens (primary N) is 1. The molecule has 0 saturated heterocycles. The van der Waals surface area contributed by atoms with Gasteiger partial charge in [0, 0.05) is 35.1 Å². The number of pyridine rings is 1. The van der Waals surface area contributed by atoms with Crippen LogP contribution in [0.1, 0.15) is 0 Å². The zero-order chi connectivity index (χ0) is 12.3. The number of aromatic nitrogens is 1. The molecule has 0 unspecified atom stereocenters. The number of ether oxygens (including phenoxy) is 1. The number of methoxy groups -OCH3 is 1. The highest BCUT2D eigenvalue weighted by atomic mass is 79.9. The molecule has 1 aromatic heterocycles. The lowest BCUT2D eigenvalue weighted by Crippen LogP contribution is -2.09. The SMILES string of the molecule is COCCNc1nccc2c(N)c(Br)ccc12. The quantitative estimate of drug-likeness (QED) is 0.672. The minimum absolute atomic E-state index is 0.643. The summed E-state index contributed by atoms with van der Waals surface area (Å²) in [6, 6.07) is 5.84. The van der Waals surface area contributed by atoms with Gasteiger partial charge in [-0.1, -0.05) is 0 Å². The van der Waals surface area contributed by atoms with Gasteiger partial charge in [-0.05, 0) is 34.1 Å². The van der Waals surface area contributed by atoms with Gasteiger partial charge in [0.15, 0.2) is 0 Å². The van der Waals surface area contributed by atoms with E-state index in [-0.39, 0.29) is 0 Å². The van der Waals surface area contributed by atoms with Crippen molar-refractivity contribution in [3.05, 3.63) is 28.9 Å². The average molecular weight is 296 g/mol. The third kappa shape index (κ3) is 2.50. The van der Waals surface area contributed by atoms with Crippen LogP contribution in [-0.4, -0.2) is 25.2 Å². The van der Waals surface area contributed by atoms with Crippen molar-refractivity contribution in [3.63, 3.8) is 0 Å². The minimum Gasteiger partial charge on any atom is -0.397 e. The fourth-order valence-corrected chi connectivity index (χ4v) is 2.01. The van der Waals surface area contributed by atoms with Crippen molar-refractivity contribution < 1.29 is 4.74 Å². The molecular formula is C12H14BrN3O. The fraction of sp³-hybridized carbons (Fsp3) is 0.250. The molecule has 0 aliphatic heterocycles. The van der Waals surface area contributed by atoms with Crippen LogP contribution < -0.4 is 11.1 Å². The monoisotopic (exact) mass is 295 g/mol. The predicted molar refractivity (Wildman–Crippen MR) is 74.2 cm³/mol. The van der Waals surface area contributed by atoms with Gasteiger partial charge in [0.2, 0.25) is 0 Å². The van der Waals surface area contributed by atoms with Crippen LogP contribution in [0.15, 0.2) is 28.9 Å². The van der Waals surface area contributed by atoms with Gasteiger partial charge >= 0.3 is 0 Å². The summed E-state index contributed by atoms with van der Waals surface area (Å²) in [4.78, 5) is 4.31. The molecule has 0 aliphatic carbocycles. The maximum Gasteiger partial charge on any atom is 0.133 e. The number of hydrogen-bond donors (Lipinski definition) is 2. The smallest absolute Gasteiger partial charge is 0.133 e. The van der Waals surface area contributed by atoms with Gasteiger partial charge in [-0.25, -0.2) is 4.98 Å². The third-order valence-corrected chi connectivity index (χ3v) is 3.22. The summed E-state index contributed by atoms with van der Waals surface area (Å²) < 4.78 is 5.90. The Morgan fingerprint density at radius 2 is 2.18 bits per heavy atom. The molecule has 2 rings (SSSR count). The number of nitrogen functional groups attached to an aromatic ring is 1. The van der Waals surface area contributed by atoms with Gasteiger partial charge in [0.25, 0.3) is 0 Å². The van der Waals surface area contributed by atoms with Gasteiger partial charge in [-0.3, -0.25) is 0 Å². The first-order chi connectivity index (χ1) is 8.24. The van der Waals surface area contributed by atoms with Crippen molar-refractivity contribution >= 4 is 38.2 Å². The molecule has 3 N–H and O–H groups in total. The Morgan fingerprint density at radius 3 is 2.94 bits per heavy atom. The first kappa shape index (κ1) is 12.1. The Morgan fingerprint density at radius 1 is 1.35 bits per heavy atom. The molecule has 0 spiro atoms. The number of nitrogens with one attached hydrogen (secondary N) is 1. The second-order valence-electron chi connectivity index (χ2n) is 3.64. The summed E-state index contributed by atoms with van der Waals surface area (Å²) in [6.07, 6.45) is 1.75. The summed E-state index contributed by atoms with van der Waals surface area (Å²) in [5.41, 5.74) is 6.75. The maximum atomic E-state index is 6.01. The Kier molecular flexibility index (Phi) is 3.81. The maximum absolute atomic E-state index is 6.01. The number of halogens is 1. The van der Waals surface area contributed by atoms with Crippen LogP contribution in [0.5, 0.6) is 0 Å². The summed E-state index contributed by atoms with van der Waals surface area (Å²) in [7, 11) is 1.67. The first-order valence-corrected chi connectivity index (χ1v) is 6.09. The first-order valence-electron chi connectivity index (χ1n) is 5.29. The largest absolute Gasteiger partial charge is 0.397 e. The van der Waals surface area contributed by atoms with E-state index in [9.17, 15) is 0 Å². The molecule has 0 atom stereocenters. The van der Waals surface area contributed by atoms with Crippen LogP contribution in [0.3, 0.4) is 0 Å². The molecule has 1 aromatic carbocycles. The zero-order valence-electron chi connectivity index (χ0n) is 9.53. The molecule has 0 amide bonds. The standard InChI is InChI=1S/C12H14BrN3O/c1-17-7-6-16-12-9-2-3-10(13)11(14)8(9)4-5-15-12/h2-5H,6-7,14H2,1H3,(H,15,16). The topological polar surface area (TPSA) is 60.2 Å². The molecule has 4 nitrogen and oxygen atoms in total. The fourth-order valence-electron chi connectivity index (χ4n) is 1.66. The highest BCUT2D eigenvalue weighted by molar-refractivity contribution is 9.10. The van der Waals surface area contributed by atoms with Crippen molar-refractivity contribution in [1.29, 1.82) is 0 Å². The molecule has 17 heavy (non-hydrogen) atoms.